The van der Waals surface area contributed by atoms with Crippen LogP contribution in [0.2, 0.25) is 5.02 Å². The number of nitrogens with zero attached hydrogens (tertiary/aromatic N) is 1. The Kier molecular flexibility index (Phi) is 5.98. The van der Waals surface area contributed by atoms with E-state index in [-0.39, 0.29) is 11.3 Å². The molecule has 27 heavy (non-hydrogen) atoms. The third-order valence-electron chi connectivity index (χ3n) is 3.81. The fourth-order valence-corrected chi connectivity index (χ4v) is 2.70. The first-order valence-electron chi connectivity index (χ1n) is 8.21. The molecule has 0 saturated carbocycles. The quantitative estimate of drug-likeness (QED) is 0.631. The van der Waals surface area contributed by atoms with Crippen molar-refractivity contribution in [3.05, 3.63) is 88.7 Å². The third kappa shape index (κ3) is 5.24. The molecule has 1 heterocycles. The topological polar surface area (TPSA) is 54.0 Å². The lowest BCUT2D eigenvalue weighted by atomic mass is 10.1. The zero-order valence-corrected chi connectivity index (χ0v) is 14.9. The maximum atomic E-state index is 13.7. The van der Waals surface area contributed by atoms with Gasteiger partial charge in [0, 0.05) is 30.0 Å². The summed E-state index contributed by atoms with van der Waals surface area (Å²) in [7, 11) is 0. The molecule has 0 aliphatic carbocycles. The lowest BCUT2D eigenvalue weighted by Crippen LogP contribution is -2.14. The van der Waals surface area contributed by atoms with Crippen LogP contribution in [-0.2, 0) is 6.42 Å². The average molecular weight is 388 g/mol. The summed E-state index contributed by atoms with van der Waals surface area (Å²) in [5, 5.41) is 6.27. The van der Waals surface area contributed by atoms with Gasteiger partial charge >= 0.3 is 0 Å². The van der Waals surface area contributed by atoms with Crippen LogP contribution in [0.4, 0.5) is 20.2 Å². The molecule has 7 heteroatoms. The lowest BCUT2D eigenvalue weighted by Gasteiger charge is -2.09. The second-order valence-electron chi connectivity index (χ2n) is 5.85. The maximum absolute atomic E-state index is 13.7. The van der Waals surface area contributed by atoms with Gasteiger partial charge in [-0.15, -0.1) is 0 Å². The van der Waals surface area contributed by atoms with Gasteiger partial charge in [-0.2, -0.15) is 0 Å². The summed E-state index contributed by atoms with van der Waals surface area (Å²) < 4.78 is 26.6. The number of amides is 1. The van der Waals surface area contributed by atoms with Crippen molar-refractivity contribution in [2.75, 3.05) is 17.2 Å². The van der Waals surface area contributed by atoms with E-state index in [2.05, 4.69) is 15.6 Å². The van der Waals surface area contributed by atoms with Gasteiger partial charge in [0.25, 0.3) is 5.91 Å². The number of aromatic nitrogens is 1. The number of rotatable bonds is 6. The Hall–Kier alpha value is -2.99. The summed E-state index contributed by atoms with van der Waals surface area (Å²) in [6, 6.07) is 12.1. The number of nitrogens with one attached hydrogen (secondary N) is 2. The smallest absolute Gasteiger partial charge is 0.257 e. The third-order valence-corrected chi connectivity index (χ3v) is 4.05. The Morgan fingerprint density at radius 1 is 1.07 bits per heavy atom. The molecule has 4 nitrogen and oxygen atoms in total. The van der Waals surface area contributed by atoms with Crippen LogP contribution < -0.4 is 10.6 Å². The van der Waals surface area contributed by atoms with Crippen LogP contribution in [0.3, 0.4) is 0 Å². The number of pyridine rings is 1. The Balaban J connectivity index is 1.61. The Morgan fingerprint density at radius 2 is 1.93 bits per heavy atom. The number of hydrogen-bond acceptors (Lipinski definition) is 3. The number of hydrogen-bond donors (Lipinski definition) is 2. The maximum Gasteiger partial charge on any atom is 0.257 e. The van der Waals surface area contributed by atoms with E-state index < -0.39 is 17.5 Å². The molecule has 0 spiro atoms. The zero-order chi connectivity index (χ0) is 19.2. The number of anilines is 2. The summed E-state index contributed by atoms with van der Waals surface area (Å²) in [4.78, 5) is 16.3. The molecule has 2 N–H and O–H groups in total. The van der Waals surface area contributed by atoms with Gasteiger partial charge in [-0.05, 0) is 42.3 Å². The van der Waals surface area contributed by atoms with E-state index in [9.17, 15) is 13.6 Å². The van der Waals surface area contributed by atoms with E-state index in [0.29, 0.717) is 23.3 Å². The molecule has 0 bridgehead atoms. The molecular weight excluding hydrogens is 372 g/mol. The van der Waals surface area contributed by atoms with Crippen molar-refractivity contribution in [2.24, 2.45) is 0 Å². The number of carbonyl (C=O) groups is 1. The molecule has 3 rings (SSSR count). The molecule has 1 aromatic heterocycles. The predicted octanol–water partition coefficient (Wildman–Crippen LogP) is 4.92. The zero-order valence-electron chi connectivity index (χ0n) is 14.2. The predicted molar refractivity (Wildman–Crippen MR) is 102 cm³/mol. The highest BCUT2D eigenvalue weighted by molar-refractivity contribution is 6.30. The van der Waals surface area contributed by atoms with Crippen molar-refractivity contribution in [1.29, 1.82) is 0 Å². The van der Waals surface area contributed by atoms with Gasteiger partial charge in [-0.3, -0.25) is 9.78 Å². The standard InChI is InChI=1S/C20H16ClF2N3O/c21-15-3-1-2-13(8-15)6-7-25-17-9-14(11-24-12-17)20(27)26-19-5-4-16(22)10-18(19)23/h1-5,8-12,25H,6-7H2,(H,26,27). The van der Waals surface area contributed by atoms with Crippen LogP contribution >= 0.6 is 11.6 Å². The van der Waals surface area contributed by atoms with E-state index in [1.54, 1.807) is 12.3 Å². The first-order valence-corrected chi connectivity index (χ1v) is 8.59. The Labute approximate surface area is 160 Å². The van der Waals surface area contributed by atoms with Crippen LogP contribution in [0, 0.1) is 11.6 Å². The van der Waals surface area contributed by atoms with Gasteiger partial charge in [0.15, 0.2) is 0 Å². The molecule has 138 valence electrons. The second kappa shape index (κ2) is 8.60. The van der Waals surface area contributed by atoms with E-state index >= 15 is 0 Å². The molecule has 0 unspecified atom stereocenters. The minimum Gasteiger partial charge on any atom is -0.383 e. The van der Waals surface area contributed by atoms with Gasteiger partial charge in [0.2, 0.25) is 0 Å². The molecule has 0 radical (unpaired) electrons. The van der Waals surface area contributed by atoms with Gasteiger partial charge < -0.3 is 10.6 Å². The fourth-order valence-electron chi connectivity index (χ4n) is 2.49. The summed E-state index contributed by atoms with van der Waals surface area (Å²) in [5.74, 6) is -2.09. The van der Waals surface area contributed by atoms with E-state index in [0.717, 1.165) is 18.1 Å². The summed E-state index contributed by atoms with van der Waals surface area (Å²) in [6.07, 6.45) is 3.71. The van der Waals surface area contributed by atoms with Crippen molar-refractivity contribution in [1.82, 2.24) is 4.98 Å². The molecule has 3 aromatic rings. The molecule has 0 saturated heterocycles. The molecule has 1 amide bonds. The molecular formula is C20H16ClF2N3O. The minimum absolute atomic E-state index is 0.0966. The highest BCUT2D eigenvalue weighted by Gasteiger charge is 2.11. The van der Waals surface area contributed by atoms with Crippen molar-refractivity contribution < 1.29 is 13.6 Å². The monoisotopic (exact) mass is 387 g/mol. The van der Waals surface area contributed by atoms with Crippen molar-refractivity contribution in [3.63, 3.8) is 0 Å². The lowest BCUT2D eigenvalue weighted by molar-refractivity contribution is 0.102. The fraction of sp³-hybridized carbons (Fsp3) is 0.100. The van der Waals surface area contributed by atoms with Crippen LogP contribution in [0.5, 0.6) is 0 Å². The van der Waals surface area contributed by atoms with Gasteiger partial charge in [0.05, 0.1) is 16.9 Å². The number of carbonyl (C=O) groups excluding carboxylic acids is 1. The van der Waals surface area contributed by atoms with E-state index in [1.807, 2.05) is 24.3 Å². The van der Waals surface area contributed by atoms with Crippen LogP contribution in [0.25, 0.3) is 0 Å². The molecule has 0 atom stereocenters. The first kappa shape index (κ1) is 18.8. The van der Waals surface area contributed by atoms with Gasteiger partial charge in [-0.1, -0.05) is 23.7 Å². The number of benzene rings is 2. The van der Waals surface area contributed by atoms with Crippen LogP contribution in [-0.4, -0.2) is 17.4 Å². The molecule has 0 fully saturated rings. The SMILES string of the molecule is O=C(Nc1ccc(F)cc1F)c1cncc(NCCc2cccc(Cl)c2)c1. The summed E-state index contributed by atoms with van der Waals surface area (Å²) >= 11 is 5.96. The second-order valence-corrected chi connectivity index (χ2v) is 6.28. The largest absolute Gasteiger partial charge is 0.383 e. The van der Waals surface area contributed by atoms with Gasteiger partial charge in [-0.25, -0.2) is 8.78 Å². The first-order chi connectivity index (χ1) is 13.0. The molecule has 2 aromatic carbocycles. The van der Waals surface area contributed by atoms with E-state index in [1.165, 1.54) is 12.3 Å². The average Bonchev–Trinajstić information content (AvgIpc) is 2.64. The normalized spacial score (nSPS) is 10.5. The Bertz CT molecular complexity index is 965. The van der Waals surface area contributed by atoms with Crippen molar-refractivity contribution in [3.8, 4) is 0 Å². The van der Waals surface area contributed by atoms with E-state index in [4.69, 9.17) is 11.6 Å². The van der Waals surface area contributed by atoms with Gasteiger partial charge in [0.1, 0.15) is 11.6 Å². The number of halogens is 3. The highest BCUT2D eigenvalue weighted by Crippen LogP contribution is 2.17. The van der Waals surface area contributed by atoms with Crippen molar-refractivity contribution >= 4 is 28.9 Å². The summed E-state index contributed by atoms with van der Waals surface area (Å²) in [6.45, 7) is 0.625. The molecule has 0 aliphatic heterocycles. The van der Waals surface area contributed by atoms with Crippen LogP contribution in [0.15, 0.2) is 60.9 Å². The Morgan fingerprint density at radius 3 is 2.70 bits per heavy atom. The van der Waals surface area contributed by atoms with Crippen molar-refractivity contribution in [2.45, 2.75) is 6.42 Å². The van der Waals surface area contributed by atoms with Crippen LogP contribution in [0.1, 0.15) is 15.9 Å². The highest BCUT2D eigenvalue weighted by atomic mass is 35.5. The minimum atomic E-state index is -0.841. The molecule has 0 aliphatic rings. The summed E-state index contributed by atoms with van der Waals surface area (Å²) in [5.41, 5.74) is 1.90.